The Morgan fingerprint density at radius 1 is 0.979 bits per heavy atom. The van der Waals surface area contributed by atoms with Crippen molar-refractivity contribution in [2.24, 2.45) is 0 Å². The summed E-state index contributed by atoms with van der Waals surface area (Å²) in [4.78, 5) is 47.3. The second kappa shape index (κ2) is 15.0. The van der Waals surface area contributed by atoms with E-state index in [1.54, 1.807) is 49.3 Å². The lowest BCUT2D eigenvalue weighted by Crippen LogP contribution is -2.44. The average Bonchev–Trinajstić information content (AvgIpc) is 3.08. The van der Waals surface area contributed by atoms with Crippen LogP contribution in [0, 0.1) is 6.92 Å². The first-order chi connectivity index (χ1) is 22.7. The number of fused-ring (bicyclic) bond motifs is 1. The van der Waals surface area contributed by atoms with E-state index in [0.29, 0.717) is 52.1 Å². The molecule has 47 heavy (non-hydrogen) atoms. The third kappa shape index (κ3) is 7.81. The van der Waals surface area contributed by atoms with Crippen molar-refractivity contribution in [3.63, 3.8) is 0 Å². The van der Waals surface area contributed by atoms with Gasteiger partial charge < -0.3 is 24.5 Å². The number of amides is 2. The van der Waals surface area contributed by atoms with Crippen LogP contribution >= 0.6 is 15.9 Å². The van der Waals surface area contributed by atoms with Crippen LogP contribution in [0.25, 0.3) is 10.9 Å². The molecule has 0 bridgehead atoms. The Hall–Kier alpha value is -5.16. The highest BCUT2D eigenvalue weighted by Gasteiger charge is 2.27. The third-order valence-corrected chi connectivity index (χ3v) is 8.56. The molecule has 2 amide bonds. The summed E-state index contributed by atoms with van der Waals surface area (Å²) in [7, 11) is 1.59. The molecule has 1 heterocycles. The van der Waals surface area contributed by atoms with Crippen molar-refractivity contribution in [1.29, 1.82) is 0 Å². The van der Waals surface area contributed by atoms with Crippen molar-refractivity contribution >= 4 is 50.5 Å². The summed E-state index contributed by atoms with van der Waals surface area (Å²) in [5, 5.41) is 13.3. The lowest BCUT2D eigenvalue weighted by Gasteiger charge is -2.27. The Labute approximate surface area is 280 Å². The summed E-state index contributed by atoms with van der Waals surface area (Å²) in [5.74, 6) is 0.512. The number of halogens is 1. The van der Waals surface area contributed by atoms with E-state index in [1.807, 2.05) is 67.6 Å². The number of methoxy groups -OCH3 is 1. The molecular weight excluding hydrogens is 664 g/mol. The molecular formula is C36H35BrN4O6. The zero-order chi connectivity index (χ0) is 33.5. The zero-order valence-corrected chi connectivity index (χ0v) is 27.9. The molecule has 0 aliphatic heterocycles. The second-order valence-corrected chi connectivity index (χ2v) is 11.8. The number of carboxylic acid groups (broad SMARTS) is 1. The Morgan fingerprint density at radius 2 is 1.64 bits per heavy atom. The van der Waals surface area contributed by atoms with Gasteiger partial charge in [-0.15, -0.1) is 0 Å². The summed E-state index contributed by atoms with van der Waals surface area (Å²) in [6.45, 7) is 4.54. The number of aromatic nitrogens is 1. The predicted molar refractivity (Wildman–Crippen MR) is 185 cm³/mol. The first kappa shape index (κ1) is 33.2. The number of nitrogens with one attached hydrogen (secondary N) is 1. The maximum absolute atomic E-state index is 14.0. The van der Waals surface area contributed by atoms with Crippen LogP contribution in [0.15, 0.2) is 105 Å². The minimum absolute atomic E-state index is 0.00582. The Kier molecular flexibility index (Phi) is 10.6. The molecule has 5 rings (SSSR count). The first-order valence-electron chi connectivity index (χ1n) is 15.1. The molecule has 0 radical (unpaired) electrons. The van der Waals surface area contributed by atoms with Crippen molar-refractivity contribution in [2.45, 2.75) is 39.4 Å². The summed E-state index contributed by atoms with van der Waals surface area (Å²) in [6.07, 6.45) is -0.834. The van der Waals surface area contributed by atoms with Crippen LogP contribution in [0.3, 0.4) is 0 Å². The van der Waals surface area contributed by atoms with Crippen LogP contribution in [-0.2, 0) is 24.3 Å². The van der Waals surface area contributed by atoms with Crippen LogP contribution in [0.4, 0.5) is 16.5 Å². The van der Waals surface area contributed by atoms with E-state index in [0.717, 1.165) is 11.1 Å². The van der Waals surface area contributed by atoms with Gasteiger partial charge in [0.15, 0.2) is 0 Å². The molecule has 242 valence electrons. The molecule has 0 saturated carbocycles. The van der Waals surface area contributed by atoms with Gasteiger partial charge in [-0.1, -0.05) is 60.7 Å². The SMILES string of the molecule is CCN(Cc1ccccc1)C(=O)[C@H](Cc1ccc(OC)cc1)Nc1nc2c(Br)cc(CN(C(=O)O)c3ccccc3)c(C)c2c(=O)o1. The fraction of sp³-hybridized carbons (Fsp3) is 0.222. The van der Waals surface area contributed by atoms with Gasteiger partial charge in [0, 0.05) is 29.7 Å². The molecule has 0 fully saturated rings. The number of hydrogen-bond acceptors (Lipinski definition) is 7. The molecule has 11 heteroatoms. The summed E-state index contributed by atoms with van der Waals surface area (Å²) in [6, 6.07) is 26.7. The van der Waals surface area contributed by atoms with Crippen LogP contribution in [0.1, 0.15) is 29.2 Å². The lowest BCUT2D eigenvalue weighted by atomic mass is 10.0. The molecule has 0 aliphatic carbocycles. The van der Waals surface area contributed by atoms with Gasteiger partial charge in [-0.05, 0) is 82.4 Å². The van der Waals surface area contributed by atoms with E-state index in [4.69, 9.17) is 9.15 Å². The Morgan fingerprint density at radius 3 is 2.26 bits per heavy atom. The van der Waals surface area contributed by atoms with E-state index in [2.05, 4.69) is 26.2 Å². The summed E-state index contributed by atoms with van der Waals surface area (Å²) >= 11 is 3.54. The van der Waals surface area contributed by atoms with Crippen LogP contribution in [0.2, 0.25) is 0 Å². The van der Waals surface area contributed by atoms with Gasteiger partial charge in [0.1, 0.15) is 11.8 Å². The number of nitrogens with zero attached hydrogens (tertiary/aromatic N) is 3. The first-order valence-corrected chi connectivity index (χ1v) is 15.9. The molecule has 4 aromatic carbocycles. The van der Waals surface area contributed by atoms with Gasteiger partial charge in [-0.3, -0.25) is 9.69 Å². The number of likely N-dealkylation sites (N-methyl/N-ethyl adjacent to an activating group) is 1. The highest BCUT2D eigenvalue weighted by molar-refractivity contribution is 9.10. The number of carbonyl (C=O) groups is 2. The average molecular weight is 700 g/mol. The highest BCUT2D eigenvalue weighted by Crippen LogP contribution is 2.30. The molecule has 0 aliphatic rings. The molecule has 0 spiro atoms. The van der Waals surface area contributed by atoms with Gasteiger partial charge in [-0.2, -0.15) is 4.98 Å². The molecule has 0 saturated heterocycles. The Balaban J connectivity index is 1.49. The van der Waals surface area contributed by atoms with Crippen molar-refractivity contribution in [3.8, 4) is 5.75 Å². The molecule has 1 aromatic heterocycles. The number of para-hydroxylation sites is 1. The van der Waals surface area contributed by atoms with Gasteiger partial charge in [0.25, 0.3) is 6.01 Å². The van der Waals surface area contributed by atoms with Crippen LogP contribution < -0.4 is 20.6 Å². The van der Waals surface area contributed by atoms with Gasteiger partial charge in [-0.25, -0.2) is 9.59 Å². The number of anilines is 2. The number of carbonyl (C=O) groups excluding carboxylic acids is 1. The van der Waals surface area contributed by atoms with Crippen molar-refractivity contribution in [3.05, 3.63) is 128 Å². The maximum Gasteiger partial charge on any atom is 0.412 e. The highest BCUT2D eigenvalue weighted by atomic mass is 79.9. The molecule has 0 unspecified atom stereocenters. The number of hydrogen-bond donors (Lipinski definition) is 2. The summed E-state index contributed by atoms with van der Waals surface area (Å²) < 4.78 is 11.5. The maximum atomic E-state index is 14.0. The van der Waals surface area contributed by atoms with E-state index in [1.165, 1.54) is 4.90 Å². The van der Waals surface area contributed by atoms with Crippen LogP contribution in [0.5, 0.6) is 5.75 Å². The topological polar surface area (TPSA) is 125 Å². The van der Waals surface area contributed by atoms with Gasteiger partial charge >= 0.3 is 11.7 Å². The standard InChI is InChI=1S/C36H35BrN4O6/c1-4-40(21-25-11-7-5-8-12-25)33(42)30(19-24-15-17-28(46-3)18-16-24)38-35-39-32-29(37)20-26(23(2)31(32)34(43)47-35)22-41(36(44)45)27-13-9-6-10-14-27/h5-18,20,30H,4,19,21-22H2,1-3H3,(H,38,39)(H,44,45)/t30-/m0/s1. The van der Waals surface area contributed by atoms with Gasteiger partial charge in [0.05, 0.1) is 24.6 Å². The lowest BCUT2D eigenvalue weighted by molar-refractivity contribution is -0.132. The number of benzene rings is 4. The van der Waals surface area contributed by atoms with E-state index < -0.39 is 17.8 Å². The predicted octanol–water partition coefficient (Wildman–Crippen LogP) is 7.02. The minimum atomic E-state index is -1.13. The molecule has 10 nitrogen and oxygen atoms in total. The largest absolute Gasteiger partial charge is 0.497 e. The fourth-order valence-electron chi connectivity index (χ4n) is 5.40. The Bertz CT molecular complexity index is 1920. The fourth-order valence-corrected chi connectivity index (χ4v) is 5.96. The van der Waals surface area contributed by atoms with Crippen LogP contribution in [-0.4, -0.2) is 46.7 Å². The second-order valence-electron chi connectivity index (χ2n) is 11.0. The summed E-state index contributed by atoms with van der Waals surface area (Å²) in [5.41, 5.74) is 3.19. The van der Waals surface area contributed by atoms with E-state index >= 15 is 0 Å². The van der Waals surface area contributed by atoms with Crippen molar-refractivity contribution < 1.29 is 23.8 Å². The number of aryl methyl sites for hydroxylation is 1. The third-order valence-electron chi connectivity index (χ3n) is 7.96. The zero-order valence-electron chi connectivity index (χ0n) is 26.3. The monoisotopic (exact) mass is 698 g/mol. The minimum Gasteiger partial charge on any atom is -0.497 e. The van der Waals surface area contributed by atoms with Crippen molar-refractivity contribution in [1.82, 2.24) is 9.88 Å². The van der Waals surface area contributed by atoms with Gasteiger partial charge in [0.2, 0.25) is 5.91 Å². The number of ether oxygens (including phenoxy) is 1. The molecule has 2 N–H and O–H groups in total. The van der Waals surface area contributed by atoms with E-state index in [-0.39, 0.29) is 23.9 Å². The molecule has 5 aromatic rings. The van der Waals surface area contributed by atoms with E-state index in [9.17, 15) is 19.5 Å². The quantitative estimate of drug-likeness (QED) is 0.142. The molecule has 1 atom stereocenters. The van der Waals surface area contributed by atoms with Crippen molar-refractivity contribution in [2.75, 3.05) is 23.9 Å². The normalized spacial score (nSPS) is 11.6. The smallest absolute Gasteiger partial charge is 0.412 e. The number of rotatable bonds is 12.